The van der Waals surface area contributed by atoms with E-state index in [1.165, 1.54) is 12.3 Å². The van der Waals surface area contributed by atoms with Gasteiger partial charge in [0.1, 0.15) is 5.52 Å². The summed E-state index contributed by atoms with van der Waals surface area (Å²) in [6.07, 6.45) is 6.04. The van der Waals surface area contributed by atoms with Gasteiger partial charge in [-0.1, -0.05) is 0 Å². The lowest BCUT2D eigenvalue weighted by atomic mass is 9.93. The highest BCUT2D eigenvalue weighted by Crippen LogP contribution is 2.30. The van der Waals surface area contributed by atoms with Crippen molar-refractivity contribution >= 4 is 22.8 Å². The first kappa shape index (κ1) is 16.6. The van der Waals surface area contributed by atoms with Gasteiger partial charge < -0.3 is 15.2 Å². The fourth-order valence-corrected chi connectivity index (χ4v) is 3.11. The Bertz CT molecular complexity index is 889. The highest BCUT2D eigenvalue weighted by molar-refractivity contribution is 5.72. The van der Waals surface area contributed by atoms with E-state index in [1.807, 2.05) is 4.68 Å². The maximum absolute atomic E-state index is 12.2. The normalized spacial score (nSPS) is 20.6. The van der Waals surface area contributed by atoms with Crippen molar-refractivity contribution in [1.29, 1.82) is 0 Å². The van der Waals surface area contributed by atoms with Crippen LogP contribution in [0.25, 0.3) is 11.2 Å². The highest BCUT2D eigenvalue weighted by Gasteiger charge is 2.23. The van der Waals surface area contributed by atoms with E-state index in [-0.39, 0.29) is 23.8 Å². The van der Waals surface area contributed by atoms with Gasteiger partial charge in [-0.3, -0.25) is 0 Å². The molecule has 0 atom stereocenters. The summed E-state index contributed by atoms with van der Waals surface area (Å²) in [5.41, 5.74) is 1.28. The fourth-order valence-electron chi connectivity index (χ4n) is 3.11. The third-order valence-electron chi connectivity index (χ3n) is 4.34. The third-order valence-corrected chi connectivity index (χ3v) is 4.34. The Labute approximate surface area is 146 Å². The first-order chi connectivity index (χ1) is 12.6. The van der Waals surface area contributed by atoms with Crippen LogP contribution in [0.15, 0.2) is 18.5 Å². The zero-order valence-corrected chi connectivity index (χ0v) is 13.6. The van der Waals surface area contributed by atoms with Crippen molar-refractivity contribution in [2.24, 2.45) is 0 Å². The van der Waals surface area contributed by atoms with Crippen LogP contribution in [0.2, 0.25) is 0 Å². The summed E-state index contributed by atoms with van der Waals surface area (Å²) in [7, 11) is 0. The van der Waals surface area contributed by atoms with E-state index in [0.29, 0.717) is 17.0 Å². The highest BCUT2D eigenvalue weighted by atomic mass is 19.3. The molecule has 0 amide bonds. The number of hydrogen-bond acceptors (Lipinski definition) is 7. The Hall–Kier alpha value is -2.82. The average molecular weight is 365 g/mol. The van der Waals surface area contributed by atoms with Gasteiger partial charge >= 0.3 is 6.61 Å². The lowest BCUT2D eigenvalue weighted by Crippen LogP contribution is -2.22. The second-order valence-electron chi connectivity index (χ2n) is 6.14. The molecule has 26 heavy (non-hydrogen) atoms. The van der Waals surface area contributed by atoms with Gasteiger partial charge in [-0.2, -0.15) is 19.0 Å². The molecule has 0 radical (unpaired) electrons. The molecule has 0 bridgehead atoms. The van der Waals surface area contributed by atoms with E-state index >= 15 is 0 Å². The van der Waals surface area contributed by atoms with Crippen molar-refractivity contribution in [1.82, 2.24) is 29.9 Å². The molecule has 0 aromatic carbocycles. The van der Waals surface area contributed by atoms with E-state index in [2.05, 4.69) is 35.3 Å². The molecule has 9 nitrogen and oxygen atoms in total. The number of aliphatic hydroxyl groups is 1. The average Bonchev–Trinajstić information content (AvgIpc) is 3.22. The largest absolute Gasteiger partial charge is 0.417 e. The maximum Gasteiger partial charge on any atom is 0.388 e. The lowest BCUT2D eigenvalue weighted by Gasteiger charge is -2.25. The molecule has 1 aliphatic rings. The monoisotopic (exact) mass is 365 g/mol. The number of ether oxygens (including phenoxy) is 1. The minimum absolute atomic E-state index is 0.151. The van der Waals surface area contributed by atoms with Gasteiger partial charge in [0.05, 0.1) is 24.5 Å². The van der Waals surface area contributed by atoms with Gasteiger partial charge in [-0.05, 0) is 25.7 Å². The van der Waals surface area contributed by atoms with E-state index < -0.39 is 6.61 Å². The summed E-state index contributed by atoms with van der Waals surface area (Å²) >= 11 is 0. The fraction of sp³-hybridized carbons (Fsp3) is 0.467. The van der Waals surface area contributed by atoms with E-state index in [1.54, 1.807) is 6.20 Å². The molecule has 1 fully saturated rings. The molecule has 0 unspecified atom stereocenters. The summed E-state index contributed by atoms with van der Waals surface area (Å²) < 4.78 is 30.5. The molecular formula is C15H17F2N7O2. The van der Waals surface area contributed by atoms with E-state index in [4.69, 9.17) is 0 Å². The zero-order valence-electron chi connectivity index (χ0n) is 13.6. The number of aliphatic hydroxyl groups excluding tert-OH is 1. The number of rotatable bonds is 5. The Morgan fingerprint density at radius 1 is 1.23 bits per heavy atom. The number of aromatic amines is 1. The van der Waals surface area contributed by atoms with Crippen LogP contribution in [-0.4, -0.2) is 47.8 Å². The minimum atomic E-state index is -2.93. The van der Waals surface area contributed by atoms with E-state index in [0.717, 1.165) is 25.7 Å². The molecule has 0 aliphatic heterocycles. The van der Waals surface area contributed by atoms with Gasteiger partial charge in [0.15, 0.2) is 17.3 Å². The third kappa shape index (κ3) is 3.43. The molecule has 3 aromatic heterocycles. The Balaban J connectivity index is 1.55. The molecule has 4 rings (SSSR count). The van der Waals surface area contributed by atoms with E-state index in [9.17, 15) is 13.9 Å². The Morgan fingerprint density at radius 3 is 2.81 bits per heavy atom. The molecule has 138 valence electrons. The van der Waals surface area contributed by atoms with Gasteiger partial charge in [0.2, 0.25) is 5.88 Å². The maximum atomic E-state index is 12.2. The number of nitrogens with one attached hydrogen (secondary N) is 2. The zero-order chi connectivity index (χ0) is 18.1. The van der Waals surface area contributed by atoms with Crippen molar-refractivity contribution < 1.29 is 18.6 Å². The number of halogens is 2. The molecule has 0 saturated heterocycles. The summed E-state index contributed by atoms with van der Waals surface area (Å²) in [5.74, 6) is 0.536. The number of fused-ring (bicyclic) bond motifs is 1. The first-order valence-corrected chi connectivity index (χ1v) is 8.24. The molecule has 1 saturated carbocycles. The van der Waals surface area contributed by atoms with Crippen molar-refractivity contribution in [3.05, 3.63) is 18.5 Å². The number of nitrogens with zero attached hydrogens (tertiary/aromatic N) is 5. The van der Waals surface area contributed by atoms with Crippen LogP contribution in [0.1, 0.15) is 31.7 Å². The first-order valence-electron chi connectivity index (χ1n) is 8.24. The van der Waals surface area contributed by atoms with Crippen molar-refractivity contribution in [3.8, 4) is 5.88 Å². The van der Waals surface area contributed by atoms with Crippen LogP contribution in [0.5, 0.6) is 5.88 Å². The topological polar surface area (TPSA) is 114 Å². The lowest BCUT2D eigenvalue weighted by molar-refractivity contribution is -0.0528. The predicted octanol–water partition coefficient (Wildman–Crippen LogP) is 2.37. The van der Waals surface area contributed by atoms with Gasteiger partial charge in [0.25, 0.3) is 0 Å². The summed E-state index contributed by atoms with van der Waals surface area (Å²) in [5, 5.41) is 23.1. The van der Waals surface area contributed by atoms with Gasteiger partial charge in [0, 0.05) is 6.07 Å². The Kier molecular flexibility index (Phi) is 4.37. The minimum Gasteiger partial charge on any atom is -0.417 e. The quantitative estimate of drug-likeness (QED) is 0.636. The summed E-state index contributed by atoms with van der Waals surface area (Å²) in [6.45, 7) is -2.93. The summed E-state index contributed by atoms with van der Waals surface area (Å²) in [6, 6.07) is 1.47. The Morgan fingerprint density at radius 2 is 2.04 bits per heavy atom. The standard InChI is InChI=1S/C15H17F2N7O2/c16-15(17)26-13-5-11(22-23-13)20-12-7-18-10-6-19-24(14(10)21-12)8-1-3-9(25)4-2-8/h5-9,15,25H,1-4H2,(H2,20,21,22,23)/t8-,9-. The van der Waals surface area contributed by atoms with Crippen LogP contribution in [0.3, 0.4) is 0 Å². The van der Waals surface area contributed by atoms with Crippen molar-refractivity contribution in [3.63, 3.8) is 0 Å². The number of anilines is 2. The molecule has 0 spiro atoms. The number of hydrogen-bond donors (Lipinski definition) is 3. The molecule has 3 N–H and O–H groups in total. The SMILES string of the molecule is O[C@H]1CC[C@H](n2ncc3ncc(Nc4cc(OC(F)F)[nH]n4)nc32)CC1. The molecule has 1 aliphatic carbocycles. The molecular weight excluding hydrogens is 348 g/mol. The van der Waals surface area contributed by atoms with Gasteiger partial charge in [-0.25, -0.2) is 19.7 Å². The molecule has 3 aromatic rings. The predicted molar refractivity (Wildman–Crippen MR) is 87.3 cm³/mol. The second kappa shape index (κ2) is 6.83. The van der Waals surface area contributed by atoms with Crippen LogP contribution in [0, 0.1) is 0 Å². The number of aromatic nitrogens is 6. The molecule has 3 heterocycles. The number of alkyl halides is 2. The van der Waals surface area contributed by atoms with Crippen LogP contribution >= 0.6 is 0 Å². The van der Waals surface area contributed by atoms with Crippen LogP contribution < -0.4 is 10.1 Å². The molecule has 11 heteroatoms. The van der Waals surface area contributed by atoms with Crippen LogP contribution in [0.4, 0.5) is 20.4 Å². The summed E-state index contributed by atoms with van der Waals surface area (Å²) in [4.78, 5) is 8.83. The number of H-pyrrole nitrogens is 1. The van der Waals surface area contributed by atoms with Crippen molar-refractivity contribution in [2.45, 2.75) is 44.4 Å². The van der Waals surface area contributed by atoms with Gasteiger partial charge in [-0.15, -0.1) is 0 Å². The van der Waals surface area contributed by atoms with Crippen LogP contribution in [-0.2, 0) is 0 Å². The smallest absolute Gasteiger partial charge is 0.388 e. The van der Waals surface area contributed by atoms with Crippen molar-refractivity contribution in [2.75, 3.05) is 5.32 Å². The second-order valence-corrected chi connectivity index (χ2v) is 6.14.